The van der Waals surface area contributed by atoms with Crippen LogP contribution in [0.5, 0.6) is 5.75 Å². The molecule has 0 aliphatic heterocycles. The van der Waals surface area contributed by atoms with Crippen molar-refractivity contribution >= 4 is 17.2 Å². The number of aromatic nitrogens is 2. The average Bonchev–Trinajstić information content (AvgIpc) is 2.80. The molecule has 0 aliphatic rings. The Hall–Kier alpha value is -1.74. The molecule has 2 aromatic rings. The predicted octanol–water partition coefficient (Wildman–Crippen LogP) is 3.32. The van der Waals surface area contributed by atoms with Crippen LogP contribution in [-0.2, 0) is 6.54 Å². The summed E-state index contributed by atoms with van der Waals surface area (Å²) in [7, 11) is 0. The van der Waals surface area contributed by atoms with E-state index in [9.17, 15) is 5.11 Å². The van der Waals surface area contributed by atoms with Crippen LogP contribution in [0.25, 0.3) is 5.57 Å². The Morgan fingerprint density at radius 2 is 2.24 bits per heavy atom. The molecule has 0 spiro atoms. The molecule has 1 aromatic carbocycles. The third-order valence-corrected chi connectivity index (χ3v) is 2.92. The van der Waals surface area contributed by atoms with E-state index < -0.39 is 0 Å². The molecule has 0 bridgehead atoms. The number of aryl methyl sites for hydroxylation is 1. The topological polar surface area (TPSA) is 38.1 Å². The van der Waals surface area contributed by atoms with Gasteiger partial charge in [0.1, 0.15) is 5.75 Å². The van der Waals surface area contributed by atoms with Crippen LogP contribution in [0.2, 0.25) is 5.02 Å². The van der Waals surface area contributed by atoms with E-state index in [0.717, 1.165) is 23.4 Å². The first-order valence-electron chi connectivity index (χ1n) is 5.33. The second-order valence-electron chi connectivity index (χ2n) is 3.68. The Morgan fingerprint density at radius 1 is 1.47 bits per heavy atom. The molecule has 3 nitrogen and oxygen atoms in total. The molecular weight excluding hydrogens is 236 g/mol. The fourth-order valence-corrected chi connectivity index (χ4v) is 1.86. The van der Waals surface area contributed by atoms with Crippen LogP contribution < -0.4 is 0 Å². The van der Waals surface area contributed by atoms with Crippen molar-refractivity contribution in [1.29, 1.82) is 0 Å². The van der Waals surface area contributed by atoms with Crippen LogP contribution in [0.4, 0.5) is 0 Å². The van der Waals surface area contributed by atoms with Gasteiger partial charge >= 0.3 is 0 Å². The minimum Gasteiger partial charge on any atom is -0.506 e. The van der Waals surface area contributed by atoms with Gasteiger partial charge in [0, 0.05) is 12.7 Å². The lowest BCUT2D eigenvalue weighted by atomic mass is 10.0. The molecule has 0 radical (unpaired) electrons. The van der Waals surface area contributed by atoms with Gasteiger partial charge in [-0.15, -0.1) is 0 Å². The van der Waals surface area contributed by atoms with E-state index in [1.165, 1.54) is 0 Å². The average molecular weight is 249 g/mol. The summed E-state index contributed by atoms with van der Waals surface area (Å²) in [6.07, 6.45) is 1.74. The summed E-state index contributed by atoms with van der Waals surface area (Å²) in [5.74, 6) is 0.0761. The maximum absolute atomic E-state index is 9.38. The monoisotopic (exact) mass is 248 g/mol. The van der Waals surface area contributed by atoms with Crippen LogP contribution in [-0.4, -0.2) is 14.9 Å². The summed E-state index contributed by atoms with van der Waals surface area (Å²) < 4.78 is 1.86. The number of nitrogens with zero attached hydrogens (tertiary/aromatic N) is 2. The van der Waals surface area contributed by atoms with Crippen molar-refractivity contribution in [1.82, 2.24) is 9.78 Å². The zero-order chi connectivity index (χ0) is 12.4. The molecule has 1 N–H and O–H groups in total. The van der Waals surface area contributed by atoms with Crippen molar-refractivity contribution in [3.8, 4) is 5.75 Å². The van der Waals surface area contributed by atoms with Gasteiger partial charge in [0.05, 0.1) is 10.7 Å². The molecular formula is C13H13ClN2O. The molecule has 2 rings (SSSR count). The van der Waals surface area contributed by atoms with E-state index in [1.807, 2.05) is 17.7 Å². The zero-order valence-electron chi connectivity index (χ0n) is 9.52. The Kier molecular flexibility index (Phi) is 3.20. The van der Waals surface area contributed by atoms with Gasteiger partial charge in [-0.1, -0.05) is 24.2 Å². The van der Waals surface area contributed by atoms with Gasteiger partial charge in [-0.25, -0.2) is 0 Å². The van der Waals surface area contributed by atoms with E-state index >= 15 is 0 Å². The summed E-state index contributed by atoms with van der Waals surface area (Å²) in [6, 6.07) is 6.96. The second-order valence-corrected chi connectivity index (χ2v) is 4.08. The van der Waals surface area contributed by atoms with Crippen molar-refractivity contribution in [3.05, 3.63) is 53.3 Å². The van der Waals surface area contributed by atoms with Crippen molar-refractivity contribution in [2.75, 3.05) is 0 Å². The fourth-order valence-electron chi connectivity index (χ4n) is 1.68. The minimum atomic E-state index is 0.0761. The van der Waals surface area contributed by atoms with Gasteiger partial charge in [0.25, 0.3) is 0 Å². The van der Waals surface area contributed by atoms with Crippen molar-refractivity contribution in [2.45, 2.75) is 13.5 Å². The molecule has 0 unspecified atom stereocenters. The maximum Gasteiger partial charge on any atom is 0.134 e. The van der Waals surface area contributed by atoms with Crippen molar-refractivity contribution < 1.29 is 5.11 Å². The van der Waals surface area contributed by atoms with Crippen LogP contribution in [0.15, 0.2) is 37.0 Å². The quantitative estimate of drug-likeness (QED) is 0.905. The summed E-state index contributed by atoms with van der Waals surface area (Å²) in [6.45, 7) is 6.85. The number of hydrogen-bond acceptors (Lipinski definition) is 2. The van der Waals surface area contributed by atoms with Crippen molar-refractivity contribution in [2.24, 2.45) is 0 Å². The maximum atomic E-state index is 9.38. The molecule has 1 heterocycles. The highest BCUT2D eigenvalue weighted by Gasteiger charge is 2.09. The van der Waals surface area contributed by atoms with Crippen LogP contribution in [0.3, 0.4) is 0 Å². The summed E-state index contributed by atoms with van der Waals surface area (Å²) in [5.41, 5.74) is 2.67. The highest BCUT2D eigenvalue weighted by molar-refractivity contribution is 6.32. The second kappa shape index (κ2) is 4.63. The third-order valence-electron chi connectivity index (χ3n) is 2.62. The van der Waals surface area contributed by atoms with E-state index in [-0.39, 0.29) is 5.75 Å². The number of benzene rings is 1. The molecule has 0 saturated carbocycles. The number of rotatable bonds is 3. The molecule has 1 aromatic heterocycles. The van der Waals surface area contributed by atoms with Gasteiger partial charge in [-0.05, 0) is 36.3 Å². The van der Waals surface area contributed by atoms with Gasteiger partial charge in [0.2, 0.25) is 0 Å². The number of halogens is 1. The van der Waals surface area contributed by atoms with E-state index in [0.29, 0.717) is 5.02 Å². The standard InChI is InChI=1S/C13H13ClN2O/c1-3-16-12(6-7-15-16)9(2)10-4-5-13(17)11(14)8-10/h4-8,17H,2-3H2,1H3. The molecule has 17 heavy (non-hydrogen) atoms. The Bertz CT molecular complexity index is 560. The van der Waals surface area contributed by atoms with Gasteiger partial charge in [0.15, 0.2) is 0 Å². The van der Waals surface area contributed by atoms with Crippen LogP contribution in [0.1, 0.15) is 18.2 Å². The highest BCUT2D eigenvalue weighted by atomic mass is 35.5. The highest BCUT2D eigenvalue weighted by Crippen LogP contribution is 2.29. The molecule has 0 aliphatic carbocycles. The normalized spacial score (nSPS) is 10.5. The van der Waals surface area contributed by atoms with Crippen molar-refractivity contribution in [3.63, 3.8) is 0 Å². The number of hydrogen-bond donors (Lipinski definition) is 1. The first-order chi connectivity index (χ1) is 8.13. The molecule has 0 fully saturated rings. The van der Waals surface area contributed by atoms with Crippen LogP contribution >= 0.6 is 11.6 Å². The number of phenolic OH excluding ortho intramolecular Hbond substituents is 1. The minimum absolute atomic E-state index is 0.0761. The fraction of sp³-hybridized carbons (Fsp3) is 0.154. The van der Waals surface area contributed by atoms with E-state index in [4.69, 9.17) is 11.6 Å². The van der Waals surface area contributed by atoms with Gasteiger partial charge in [-0.3, -0.25) is 4.68 Å². The lowest BCUT2D eigenvalue weighted by Gasteiger charge is -2.09. The van der Waals surface area contributed by atoms with E-state index in [2.05, 4.69) is 11.7 Å². The summed E-state index contributed by atoms with van der Waals surface area (Å²) in [4.78, 5) is 0. The lowest BCUT2D eigenvalue weighted by molar-refractivity contribution is 0.475. The smallest absolute Gasteiger partial charge is 0.134 e. The van der Waals surface area contributed by atoms with Gasteiger partial charge in [-0.2, -0.15) is 5.10 Å². The first-order valence-corrected chi connectivity index (χ1v) is 5.71. The SMILES string of the molecule is C=C(c1ccc(O)c(Cl)c1)c1ccnn1CC. The third kappa shape index (κ3) is 2.19. The van der Waals surface area contributed by atoms with Gasteiger partial charge < -0.3 is 5.11 Å². The zero-order valence-corrected chi connectivity index (χ0v) is 10.3. The molecule has 0 atom stereocenters. The Labute approximate surface area is 105 Å². The summed E-state index contributed by atoms with van der Waals surface area (Å²) in [5, 5.41) is 13.9. The molecule has 88 valence electrons. The number of aromatic hydroxyl groups is 1. The van der Waals surface area contributed by atoms with E-state index in [1.54, 1.807) is 24.4 Å². The Balaban J connectivity index is 2.40. The molecule has 0 amide bonds. The first kappa shape index (κ1) is 11.7. The van der Waals surface area contributed by atoms with Crippen LogP contribution in [0, 0.1) is 0 Å². The predicted molar refractivity (Wildman–Crippen MR) is 69.2 cm³/mol. The Morgan fingerprint density at radius 3 is 2.88 bits per heavy atom. The number of phenols is 1. The molecule has 0 saturated heterocycles. The molecule has 4 heteroatoms. The summed E-state index contributed by atoms with van der Waals surface area (Å²) >= 11 is 5.88. The largest absolute Gasteiger partial charge is 0.506 e. The lowest BCUT2D eigenvalue weighted by Crippen LogP contribution is -2.02.